The normalized spacial score (nSPS) is 11.6. The van der Waals surface area contributed by atoms with E-state index in [0.29, 0.717) is 0 Å². The molecule has 0 saturated heterocycles. The van der Waals surface area contributed by atoms with Crippen LogP contribution in [0, 0.1) is 6.07 Å². The fourth-order valence-electron chi connectivity index (χ4n) is 8.71. The third-order valence-electron chi connectivity index (χ3n) is 12.5. The predicted octanol–water partition coefficient (Wildman–Crippen LogP) is 19.8. The predicted molar refractivity (Wildman–Crippen MR) is 247 cm³/mol. The number of unbranched alkanes of at least 4 members (excludes halogenated alkanes) is 42. The van der Waals surface area contributed by atoms with Gasteiger partial charge in [0.2, 0.25) is 0 Å². The average molecular weight is 750 g/mol. The average Bonchev–Trinajstić information content (AvgIpc) is 3.19. The number of benzene rings is 1. The monoisotopic (exact) mass is 750 g/mol. The van der Waals surface area contributed by atoms with Crippen LogP contribution in [0.3, 0.4) is 0 Å². The molecule has 0 spiro atoms. The van der Waals surface area contributed by atoms with Crippen LogP contribution in [0.25, 0.3) is 0 Å². The summed E-state index contributed by atoms with van der Waals surface area (Å²) in [4.78, 5) is 0. The van der Waals surface area contributed by atoms with E-state index in [-0.39, 0.29) is 0 Å². The molecule has 0 heteroatoms. The van der Waals surface area contributed by atoms with E-state index in [1.54, 1.807) is 0 Å². The van der Waals surface area contributed by atoms with Crippen LogP contribution in [0.5, 0.6) is 0 Å². The molecule has 1 aromatic carbocycles. The summed E-state index contributed by atoms with van der Waals surface area (Å²) >= 11 is 0. The van der Waals surface area contributed by atoms with Gasteiger partial charge in [0.15, 0.2) is 0 Å². The Kier molecular flexibility index (Phi) is 42.6. The summed E-state index contributed by atoms with van der Waals surface area (Å²) < 4.78 is 0. The summed E-state index contributed by atoms with van der Waals surface area (Å²) in [5, 5.41) is 0. The van der Waals surface area contributed by atoms with Gasteiger partial charge in [-0.2, -0.15) is 0 Å². The second-order valence-corrected chi connectivity index (χ2v) is 18.1. The number of rotatable bonds is 46. The third-order valence-corrected chi connectivity index (χ3v) is 12.5. The molecular formula is C54H101. The minimum absolute atomic E-state index is 1.23. The Morgan fingerprint density at radius 3 is 0.593 bits per heavy atom. The molecule has 0 aliphatic rings. The van der Waals surface area contributed by atoms with E-state index >= 15 is 0 Å². The van der Waals surface area contributed by atoms with Crippen molar-refractivity contribution in [3.05, 3.63) is 35.4 Å². The Hall–Kier alpha value is -0.780. The summed E-state index contributed by atoms with van der Waals surface area (Å²) in [6.07, 6.45) is 66.6. The molecule has 317 valence electrons. The zero-order valence-electron chi connectivity index (χ0n) is 37.8. The third kappa shape index (κ3) is 39.5. The first kappa shape index (κ1) is 51.2. The molecule has 0 N–H and O–H groups in total. The Bertz CT molecular complexity index is 745. The van der Waals surface area contributed by atoms with Crippen molar-refractivity contribution in [2.24, 2.45) is 0 Å². The molecule has 0 unspecified atom stereocenters. The maximum atomic E-state index is 3.77. The standard InChI is InChI=1S/C54H101/c1-3-5-7-9-11-13-15-17-19-21-23-25-27-29-31-33-35-37-39-41-43-45-48-53-50-47-51-54(52-53)49-46-44-42-40-38-36-34-32-30-28-26-24-22-20-18-16-14-12-10-8-6-4-2/h47,50-51H,3-46,48-49H2,1-2H3. The number of hydrogen-bond acceptors (Lipinski definition) is 0. The first-order valence-corrected chi connectivity index (χ1v) is 25.9. The van der Waals surface area contributed by atoms with E-state index in [1.807, 2.05) is 0 Å². The highest BCUT2D eigenvalue weighted by molar-refractivity contribution is 5.22. The van der Waals surface area contributed by atoms with E-state index < -0.39 is 0 Å². The SMILES string of the molecule is CCCCCCCCCCCCCCCCCCCCCCCCc1[c]c(CCCCCCCCCCCCCCCCCCCCCCCC)ccc1. The van der Waals surface area contributed by atoms with Gasteiger partial charge in [0.1, 0.15) is 0 Å². The number of hydrogen-bond donors (Lipinski definition) is 0. The molecule has 0 aromatic heterocycles. The largest absolute Gasteiger partial charge is 0.0654 e. The van der Waals surface area contributed by atoms with Gasteiger partial charge in [-0.25, -0.2) is 0 Å². The Balaban J connectivity index is 1.78. The summed E-state index contributed by atoms with van der Waals surface area (Å²) in [6, 6.07) is 10.7. The van der Waals surface area contributed by atoms with E-state index in [4.69, 9.17) is 0 Å². The van der Waals surface area contributed by atoms with Crippen molar-refractivity contribution in [3.63, 3.8) is 0 Å². The molecule has 0 atom stereocenters. The maximum absolute atomic E-state index is 3.77. The quantitative estimate of drug-likeness (QED) is 0.0582. The first-order chi connectivity index (χ1) is 26.9. The molecule has 1 radical (unpaired) electrons. The lowest BCUT2D eigenvalue weighted by Crippen LogP contribution is -1.92. The summed E-state index contributed by atoms with van der Waals surface area (Å²) in [6.45, 7) is 4.62. The highest BCUT2D eigenvalue weighted by Gasteiger charge is 2.01. The van der Waals surface area contributed by atoms with Gasteiger partial charge in [-0.15, -0.1) is 0 Å². The van der Waals surface area contributed by atoms with Crippen molar-refractivity contribution in [1.82, 2.24) is 0 Å². The minimum Gasteiger partial charge on any atom is -0.0654 e. The van der Waals surface area contributed by atoms with Crippen molar-refractivity contribution in [1.29, 1.82) is 0 Å². The highest BCUT2D eigenvalue weighted by Crippen LogP contribution is 2.19. The van der Waals surface area contributed by atoms with Crippen LogP contribution in [-0.2, 0) is 12.8 Å². The lowest BCUT2D eigenvalue weighted by Gasteiger charge is -2.06. The lowest BCUT2D eigenvalue weighted by atomic mass is 9.99. The van der Waals surface area contributed by atoms with Crippen LogP contribution >= 0.6 is 0 Å². The first-order valence-electron chi connectivity index (χ1n) is 25.9. The topological polar surface area (TPSA) is 0 Å². The van der Waals surface area contributed by atoms with Gasteiger partial charge in [0.25, 0.3) is 0 Å². The second-order valence-electron chi connectivity index (χ2n) is 18.1. The van der Waals surface area contributed by atoms with Gasteiger partial charge in [-0.3, -0.25) is 0 Å². The zero-order chi connectivity index (χ0) is 38.5. The molecule has 0 amide bonds. The Morgan fingerprint density at radius 2 is 0.407 bits per heavy atom. The van der Waals surface area contributed by atoms with Crippen molar-refractivity contribution in [2.45, 2.75) is 309 Å². The van der Waals surface area contributed by atoms with Gasteiger partial charge in [-0.1, -0.05) is 302 Å². The van der Waals surface area contributed by atoms with Crippen LogP contribution in [0.4, 0.5) is 0 Å². The van der Waals surface area contributed by atoms with E-state index in [1.165, 1.54) is 306 Å². The van der Waals surface area contributed by atoms with Crippen molar-refractivity contribution < 1.29 is 0 Å². The zero-order valence-corrected chi connectivity index (χ0v) is 37.8. The molecule has 1 aromatic rings. The molecule has 54 heavy (non-hydrogen) atoms. The van der Waals surface area contributed by atoms with Crippen molar-refractivity contribution >= 4 is 0 Å². The lowest BCUT2D eigenvalue weighted by molar-refractivity contribution is 0.519. The van der Waals surface area contributed by atoms with Gasteiger partial charge in [-0.05, 0) is 42.9 Å². The van der Waals surface area contributed by atoms with Crippen molar-refractivity contribution in [3.8, 4) is 0 Å². The van der Waals surface area contributed by atoms with Gasteiger partial charge in [0, 0.05) is 0 Å². The minimum atomic E-state index is 1.23. The second kappa shape index (κ2) is 44.9. The summed E-state index contributed by atoms with van der Waals surface area (Å²) in [7, 11) is 0. The molecule has 0 saturated carbocycles. The fourth-order valence-corrected chi connectivity index (χ4v) is 8.71. The summed E-state index contributed by atoms with van der Waals surface area (Å²) in [5.74, 6) is 0. The van der Waals surface area contributed by atoms with Crippen LogP contribution < -0.4 is 0 Å². The highest BCUT2D eigenvalue weighted by atomic mass is 14.1. The number of aryl methyl sites for hydroxylation is 2. The molecular weight excluding hydrogens is 649 g/mol. The van der Waals surface area contributed by atoms with E-state index in [0.717, 1.165) is 0 Å². The molecule has 1 rings (SSSR count). The molecule has 0 aliphatic heterocycles. The Labute approximate surface area is 343 Å². The maximum Gasteiger partial charge on any atom is -0.0114 e. The molecule has 0 nitrogen and oxygen atoms in total. The summed E-state index contributed by atoms with van der Waals surface area (Å²) in [5.41, 5.74) is 2.92. The molecule has 0 bridgehead atoms. The van der Waals surface area contributed by atoms with Gasteiger partial charge in [0.05, 0.1) is 0 Å². The van der Waals surface area contributed by atoms with E-state index in [9.17, 15) is 0 Å². The van der Waals surface area contributed by atoms with Gasteiger partial charge < -0.3 is 0 Å². The van der Waals surface area contributed by atoms with Crippen LogP contribution in [0.15, 0.2) is 18.2 Å². The van der Waals surface area contributed by atoms with Crippen LogP contribution in [-0.4, -0.2) is 0 Å². The van der Waals surface area contributed by atoms with Crippen LogP contribution in [0.1, 0.15) is 307 Å². The Morgan fingerprint density at radius 1 is 0.241 bits per heavy atom. The molecule has 0 fully saturated rings. The van der Waals surface area contributed by atoms with E-state index in [2.05, 4.69) is 38.1 Å². The van der Waals surface area contributed by atoms with Gasteiger partial charge >= 0.3 is 0 Å². The van der Waals surface area contributed by atoms with Crippen molar-refractivity contribution in [2.75, 3.05) is 0 Å². The molecule has 0 aliphatic carbocycles. The molecule has 0 heterocycles. The van der Waals surface area contributed by atoms with Crippen LogP contribution in [0.2, 0.25) is 0 Å². The fraction of sp³-hybridized carbons (Fsp3) is 0.889. The smallest absolute Gasteiger partial charge is 0.0114 e.